The van der Waals surface area contributed by atoms with Crippen LogP contribution in [0, 0.1) is 5.82 Å². The molecule has 1 amide bonds. The van der Waals surface area contributed by atoms with Crippen molar-refractivity contribution in [1.82, 2.24) is 5.32 Å². The zero-order chi connectivity index (χ0) is 20.1. The van der Waals surface area contributed by atoms with Crippen molar-refractivity contribution >= 4 is 21.6 Å². The summed E-state index contributed by atoms with van der Waals surface area (Å²) < 4.78 is 46.4. The normalized spacial score (nSPS) is 15.1. The van der Waals surface area contributed by atoms with Crippen molar-refractivity contribution in [3.8, 4) is 5.75 Å². The van der Waals surface area contributed by atoms with Crippen LogP contribution in [0.3, 0.4) is 0 Å². The average Bonchev–Trinajstić information content (AvgIpc) is 2.68. The lowest BCUT2D eigenvalue weighted by molar-refractivity contribution is 0.0928. The molecule has 8 heteroatoms. The quantitative estimate of drug-likeness (QED) is 0.766. The molecular formula is C20H23FN2O4S. The first-order valence-electron chi connectivity index (χ1n) is 9.17. The number of amides is 1. The number of halogens is 1. The minimum atomic E-state index is -4.08. The minimum absolute atomic E-state index is 0.0498. The smallest absolute Gasteiger partial charge is 0.262 e. The van der Waals surface area contributed by atoms with Gasteiger partial charge in [-0.25, -0.2) is 12.8 Å². The predicted octanol–water partition coefficient (Wildman–Crippen LogP) is 3.70. The summed E-state index contributed by atoms with van der Waals surface area (Å²) >= 11 is 0. The van der Waals surface area contributed by atoms with Crippen LogP contribution in [0.25, 0.3) is 0 Å². The maximum atomic E-state index is 13.9. The van der Waals surface area contributed by atoms with Crippen LogP contribution in [0.2, 0.25) is 0 Å². The van der Waals surface area contributed by atoms with Gasteiger partial charge < -0.3 is 10.1 Å². The number of methoxy groups -OCH3 is 1. The monoisotopic (exact) mass is 406 g/mol. The van der Waals surface area contributed by atoms with Crippen LogP contribution in [0.1, 0.15) is 42.5 Å². The third-order valence-corrected chi connectivity index (χ3v) is 6.15. The first-order valence-corrected chi connectivity index (χ1v) is 10.7. The molecule has 28 heavy (non-hydrogen) atoms. The van der Waals surface area contributed by atoms with Crippen LogP contribution in [0.4, 0.5) is 10.1 Å². The van der Waals surface area contributed by atoms with Gasteiger partial charge in [-0.15, -0.1) is 0 Å². The van der Waals surface area contributed by atoms with Gasteiger partial charge in [-0.1, -0.05) is 31.4 Å². The van der Waals surface area contributed by atoms with E-state index in [0.29, 0.717) is 0 Å². The van der Waals surface area contributed by atoms with E-state index < -0.39 is 15.8 Å². The Bertz CT molecular complexity index is 956. The molecule has 0 unspecified atom stereocenters. The Hall–Kier alpha value is -2.61. The number of sulfonamides is 1. The highest BCUT2D eigenvalue weighted by Crippen LogP contribution is 2.25. The van der Waals surface area contributed by atoms with Crippen LogP contribution in [0.5, 0.6) is 5.75 Å². The van der Waals surface area contributed by atoms with Crippen molar-refractivity contribution in [2.24, 2.45) is 0 Å². The molecular weight excluding hydrogens is 383 g/mol. The van der Waals surface area contributed by atoms with Crippen molar-refractivity contribution in [1.29, 1.82) is 0 Å². The van der Waals surface area contributed by atoms with Gasteiger partial charge in [0.2, 0.25) is 0 Å². The second-order valence-corrected chi connectivity index (χ2v) is 8.44. The molecule has 1 aliphatic carbocycles. The zero-order valence-electron chi connectivity index (χ0n) is 15.6. The van der Waals surface area contributed by atoms with Crippen LogP contribution in [-0.2, 0) is 10.0 Å². The third-order valence-electron chi connectivity index (χ3n) is 4.79. The lowest BCUT2D eigenvalue weighted by atomic mass is 9.95. The van der Waals surface area contributed by atoms with Gasteiger partial charge in [0.25, 0.3) is 15.9 Å². The topological polar surface area (TPSA) is 84.5 Å². The van der Waals surface area contributed by atoms with E-state index in [0.717, 1.165) is 31.7 Å². The Morgan fingerprint density at radius 1 is 1.11 bits per heavy atom. The Kier molecular flexibility index (Phi) is 6.18. The first-order chi connectivity index (χ1) is 13.4. The maximum Gasteiger partial charge on any atom is 0.262 e. The average molecular weight is 406 g/mol. The molecule has 2 aromatic carbocycles. The highest BCUT2D eigenvalue weighted by molar-refractivity contribution is 7.92. The molecule has 3 rings (SSSR count). The molecule has 0 aromatic heterocycles. The van der Waals surface area contributed by atoms with E-state index in [9.17, 15) is 17.6 Å². The summed E-state index contributed by atoms with van der Waals surface area (Å²) in [7, 11) is -2.78. The number of nitrogens with one attached hydrogen (secondary N) is 2. The van der Waals surface area contributed by atoms with Crippen molar-refractivity contribution in [2.45, 2.75) is 43.0 Å². The van der Waals surface area contributed by atoms with Crippen LogP contribution < -0.4 is 14.8 Å². The molecule has 0 spiro atoms. The molecule has 2 N–H and O–H groups in total. The summed E-state index contributed by atoms with van der Waals surface area (Å²) in [6, 6.07) is 9.83. The molecule has 1 fully saturated rings. The fourth-order valence-corrected chi connectivity index (χ4v) is 4.39. The fourth-order valence-electron chi connectivity index (χ4n) is 3.30. The minimum Gasteiger partial charge on any atom is -0.494 e. The number of para-hydroxylation sites is 1. The van der Waals surface area contributed by atoms with E-state index in [1.54, 1.807) is 18.2 Å². The van der Waals surface area contributed by atoms with Gasteiger partial charge in [0, 0.05) is 6.04 Å². The van der Waals surface area contributed by atoms with Crippen LogP contribution in [-0.4, -0.2) is 27.5 Å². The van der Waals surface area contributed by atoms with E-state index in [-0.39, 0.29) is 33.8 Å². The number of anilines is 1. The predicted molar refractivity (Wildman–Crippen MR) is 105 cm³/mol. The fraction of sp³-hybridized carbons (Fsp3) is 0.350. The van der Waals surface area contributed by atoms with Gasteiger partial charge >= 0.3 is 0 Å². The molecule has 0 radical (unpaired) electrons. The summed E-state index contributed by atoms with van der Waals surface area (Å²) in [6.45, 7) is 0. The number of hydrogen-bond acceptors (Lipinski definition) is 4. The Labute approximate surface area is 164 Å². The van der Waals surface area contributed by atoms with E-state index in [2.05, 4.69) is 10.0 Å². The Morgan fingerprint density at radius 3 is 2.50 bits per heavy atom. The molecule has 2 aromatic rings. The van der Waals surface area contributed by atoms with E-state index in [4.69, 9.17) is 4.74 Å². The van der Waals surface area contributed by atoms with E-state index in [1.807, 2.05) is 0 Å². The Balaban J connectivity index is 1.82. The molecule has 0 saturated heterocycles. The third kappa shape index (κ3) is 4.62. The molecule has 6 nitrogen and oxygen atoms in total. The summed E-state index contributed by atoms with van der Waals surface area (Å²) in [6.07, 6.45) is 5.15. The number of hydrogen-bond donors (Lipinski definition) is 2. The standard InChI is InChI=1S/C20H23FN2O4S/c1-27-19-12-11-15(13-17(19)21)28(25,26)23-18-10-6-5-9-16(18)20(24)22-14-7-3-2-4-8-14/h5-6,9-14,23H,2-4,7-8H2,1H3,(H,22,24). The lowest BCUT2D eigenvalue weighted by Crippen LogP contribution is -2.36. The van der Waals surface area contributed by atoms with Crippen molar-refractivity contribution in [3.63, 3.8) is 0 Å². The van der Waals surface area contributed by atoms with Gasteiger partial charge in [0.05, 0.1) is 23.3 Å². The highest BCUT2D eigenvalue weighted by Gasteiger charge is 2.22. The molecule has 0 atom stereocenters. The number of carbonyl (C=O) groups is 1. The second-order valence-electron chi connectivity index (χ2n) is 6.76. The number of carbonyl (C=O) groups excluding carboxylic acids is 1. The summed E-state index contributed by atoms with van der Waals surface area (Å²) in [4.78, 5) is 12.4. The van der Waals surface area contributed by atoms with E-state index in [1.165, 1.54) is 31.7 Å². The van der Waals surface area contributed by atoms with Gasteiger partial charge in [-0.2, -0.15) is 0 Å². The Morgan fingerprint density at radius 2 is 1.82 bits per heavy atom. The van der Waals surface area contributed by atoms with Crippen LogP contribution >= 0.6 is 0 Å². The summed E-state index contributed by atoms with van der Waals surface area (Å²) in [5.41, 5.74) is 0.373. The van der Waals surface area contributed by atoms with Gasteiger partial charge in [-0.05, 0) is 43.2 Å². The van der Waals surface area contributed by atoms with Crippen molar-refractivity contribution < 1.29 is 22.3 Å². The van der Waals surface area contributed by atoms with E-state index >= 15 is 0 Å². The lowest BCUT2D eigenvalue weighted by Gasteiger charge is -2.23. The van der Waals surface area contributed by atoms with Gasteiger partial charge in [-0.3, -0.25) is 9.52 Å². The number of ether oxygens (including phenoxy) is 1. The molecule has 0 heterocycles. The molecule has 150 valence electrons. The SMILES string of the molecule is COc1ccc(S(=O)(=O)Nc2ccccc2C(=O)NC2CCCCC2)cc1F. The second kappa shape index (κ2) is 8.60. The molecule has 1 saturated carbocycles. The number of benzene rings is 2. The van der Waals surface area contributed by atoms with Crippen LogP contribution in [0.15, 0.2) is 47.4 Å². The summed E-state index contributed by atoms with van der Waals surface area (Å²) in [5.74, 6) is -1.16. The number of rotatable bonds is 6. The largest absolute Gasteiger partial charge is 0.494 e. The maximum absolute atomic E-state index is 13.9. The van der Waals surface area contributed by atoms with Crippen molar-refractivity contribution in [2.75, 3.05) is 11.8 Å². The van der Waals surface area contributed by atoms with Gasteiger partial charge in [0.15, 0.2) is 11.6 Å². The molecule has 0 bridgehead atoms. The zero-order valence-corrected chi connectivity index (χ0v) is 16.4. The molecule has 0 aliphatic heterocycles. The first kappa shape index (κ1) is 20.1. The van der Waals surface area contributed by atoms with Crippen molar-refractivity contribution in [3.05, 3.63) is 53.8 Å². The van der Waals surface area contributed by atoms with Gasteiger partial charge in [0.1, 0.15) is 0 Å². The highest BCUT2D eigenvalue weighted by atomic mass is 32.2. The summed E-state index contributed by atoms with van der Waals surface area (Å²) in [5, 5.41) is 2.97. The molecule has 1 aliphatic rings.